The van der Waals surface area contributed by atoms with E-state index in [2.05, 4.69) is 50.5 Å². The van der Waals surface area contributed by atoms with Crippen molar-refractivity contribution in [2.45, 2.75) is 62.7 Å². The second kappa shape index (κ2) is 11.5. The smallest absolute Gasteiger partial charge is 0.261 e. The summed E-state index contributed by atoms with van der Waals surface area (Å²) in [7, 11) is 0. The van der Waals surface area contributed by atoms with Crippen LogP contribution in [0.25, 0.3) is 20.9 Å². The number of nitrogen functional groups attached to an aromatic ring is 1. The molecular formula is C31H36N6O2S. The molecule has 0 radical (unpaired) electrons. The van der Waals surface area contributed by atoms with Gasteiger partial charge in [-0.1, -0.05) is 61.7 Å². The Hall–Kier alpha value is -3.53. The fraction of sp³-hybridized carbons (Fsp3) is 0.387. The van der Waals surface area contributed by atoms with E-state index < -0.39 is 5.66 Å². The third kappa shape index (κ3) is 5.29. The molecule has 6 rings (SSSR count). The average Bonchev–Trinajstić information content (AvgIpc) is 3.60. The van der Waals surface area contributed by atoms with Crippen molar-refractivity contribution in [3.63, 3.8) is 0 Å². The number of nitrogens with zero attached hydrogens (tertiary/aromatic N) is 1. The van der Waals surface area contributed by atoms with Gasteiger partial charge in [0.05, 0.1) is 13.1 Å². The van der Waals surface area contributed by atoms with Gasteiger partial charge in [0.25, 0.3) is 5.91 Å². The van der Waals surface area contributed by atoms with Gasteiger partial charge in [0, 0.05) is 33.1 Å². The second-order valence-electron chi connectivity index (χ2n) is 10.9. The van der Waals surface area contributed by atoms with Crippen LogP contribution in [-0.2, 0) is 16.1 Å². The lowest BCUT2D eigenvalue weighted by molar-refractivity contribution is -0.135. The van der Waals surface area contributed by atoms with Crippen LogP contribution in [0.4, 0.5) is 5.82 Å². The lowest BCUT2D eigenvalue weighted by Crippen LogP contribution is -2.67. The Morgan fingerprint density at radius 2 is 1.85 bits per heavy atom. The summed E-state index contributed by atoms with van der Waals surface area (Å²) < 4.78 is 1.03. The van der Waals surface area contributed by atoms with E-state index in [1.165, 1.54) is 19.3 Å². The molecule has 9 heteroatoms. The molecule has 1 saturated carbocycles. The zero-order chi connectivity index (χ0) is 27.5. The van der Waals surface area contributed by atoms with Crippen LogP contribution < -0.4 is 27.0 Å². The molecule has 2 aromatic heterocycles. The zero-order valence-corrected chi connectivity index (χ0v) is 23.4. The first-order valence-corrected chi connectivity index (χ1v) is 15.0. The minimum absolute atomic E-state index is 0.180. The predicted octanol–water partition coefficient (Wildman–Crippen LogP) is 4.16. The number of hydrogen-bond acceptors (Lipinski definition) is 7. The number of benzene rings is 2. The van der Waals surface area contributed by atoms with Crippen molar-refractivity contribution in [1.29, 1.82) is 0 Å². The fourth-order valence-corrected chi connectivity index (χ4v) is 7.37. The molecule has 0 spiro atoms. The zero-order valence-electron chi connectivity index (χ0n) is 22.5. The molecule has 2 aliphatic rings. The van der Waals surface area contributed by atoms with Crippen molar-refractivity contribution in [3.8, 4) is 0 Å². The molecule has 4 aromatic rings. The summed E-state index contributed by atoms with van der Waals surface area (Å²) in [4.78, 5) is 32.7. The van der Waals surface area contributed by atoms with E-state index in [0.717, 1.165) is 50.6 Å². The van der Waals surface area contributed by atoms with Gasteiger partial charge >= 0.3 is 0 Å². The Bertz CT molecular complexity index is 1530. The molecule has 2 aromatic carbocycles. The Balaban J connectivity index is 1.27. The summed E-state index contributed by atoms with van der Waals surface area (Å²) in [5.41, 5.74) is 5.84. The topological polar surface area (TPSA) is 121 Å². The number of nitrogens with two attached hydrogens (primary N) is 1. The van der Waals surface area contributed by atoms with Crippen LogP contribution in [0.1, 0.15) is 54.9 Å². The fourth-order valence-electron chi connectivity index (χ4n) is 6.36. The third-order valence-electron chi connectivity index (χ3n) is 8.36. The lowest BCUT2D eigenvalue weighted by atomic mass is 9.83. The first-order chi connectivity index (χ1) is 19.5. The van der Waals surface area contributed by atoms with Crippen LogP contribution in [0.5, 0.6) is 0 Å². The van der Waals surface area contributed by atoms with E-state index in [0.29, 0.717) is 24.9 Å². The van der Waals surface area contributed by atoms with Gasteiger partial charge < -0.3 is 21.7 Å². The van der Waals surface area contributed by atoms with E-state index in [4.69, 9.17) is 5.73 Å². The van der Waals surface area contributed by atoms with Crippen molar-refractivity contribution in [1.82, 2.24) is 26.3 Å². The Labute approximate surface area is 238 Å². The molecule has 0 bridgehead atoms. The number of aromatic nitrogens is 1. The van der Waals surface area contributed by atoms with Gasteiger partial charge in [0.15, 0.2) is 5.66 Å². The largest absolute Gasteiger partial charge is 0.383 e. The van der Waals surface area contributed by atoms with Crippen LogP contribution >= 0.6 is 11.3 Å². The number of hydrogen-bond donors (Lipinski definition) is 5. The quantitative estimate of drug-likeness (QED) is 0.222. The maximum atomic E-state index is 14.1. The van der Waals surface area contributed by atoms with Crippen LogP contribution in [0, 0.1) is 0 Å². The molecular weight excluding hydrogens is 520 g/mol. The molecule has 6 N–H and O–H groups in total. The van der Waals surface area contributed by atoms with Crippen LogP contribution in [0.2, 0.25) is 0 Å². The van der Waals surface area contributed by atoms with Crippen molar-refractivity contribution in [2.75, 3.05) is 18.8 Å². The summed E-state index contributed by atoms with van der Waals surface area (Å²) in [5.74, 6) is -0.174. The van der Waals surface area contributed by atoms with Crippen molar-refractivity contribution < 1.29 is 9.59 Å². The highest BCUT2D eigenvalue weighted by molar-refractivity contribution is 7.19. The average molecular weight is 557 g/mol. The van der Waals surface area contributed by atoms with Crippen molar-refractivity contribution in [2.24, 2.45) is 0 Å². The van der Waals surface area contributed by atoms with Gasteiger partial charge in [-0.15, -0.1) is 11.3 Å². The number of amides is 2. The van der Waals surface area contributed by atoms with Gasteiger partial charge in [0.2, 0.25) is 5.91 Å². The maximum Gasteiger partial charge on any atom is 0.261 e. The number of thiophene rings is 1. The van der Waals surface area contributed by atoms with Crippen LogP contribution in [-0.4, -0.2) is 41.6 Å². The molecule has 2 fully saturated rings. The molecule has 2 atom stereocenters. The number of nitrogens with one attached hydrogen (secondary N) is 4. The number of anilines is 1. The Kier molecular flexibility index (Phi) is 7.69. The summed E-state index contributed by atoms with van der Waals surface area (Å²) in [5, 5.41) is 16.3. The predicted molar refractivity (Wildman–Crippen MR) is 161 cm³/mol. The molecule has 3 heterocycles. The molecule has 40 heavy (non-hydrogen) atoms. The van der Waals surface area contributed by atoms with Crippen LogP contribution in [0.15, 0.2) is 60.8 Å². The standard InChI is InChI=1S/C31H36N6O2S/c32-29-25-17-22(40-27(25)14-15-33-29)18-35-30(39)31(37-28(38)19-34-21-9-2-1-3-10-21)26(13-16-36-31)24-12-6-8-20-7-4-5-11-23(20)24/h4-8,11-12,14-15,17,21,26,34,36H,1-3,9-10,13,16,18-19H2,(H2,32,33)(H,35,39)(H,37,38)/t26-,31+/m0/s1. The van der Waals surface area contributed by atoms with Gasteiger partial charge in [-0.3, -0.25) is 14.9 Å². The van der Waals surface area contributed by atoms with E-state index in [1.54, 1.807) is 17.5 Å². The number of carbonyl (C=O) groups is 2. The Morgan fingerprint density at radius 1 is 1.02 bits per heavy atom. The van der Waals surface area contributed by atoms with Gasteiger partial charge in [-0.25, -0.2) is 4.98 Å². The third-order valence-corrected chi connectivity index (χ3v) is 9.46. The summed E-state index contributed by atoms with van der Waals surface area (Å²) >= 11 is 1.58. The van der Waals surface area contributed by atoms with E-state index in [9.17, 15) is 9.59 Å². The normalized spacial score (nSPS) is 21.6. The summed E-state index contributed by atoms with van der Waals surface area (Å²) in [6.07, 6.45) is 8.23. The van der Waals surface area contributed by atoms with Gasteiger partial charge in [0.1, 0.15) is 5.82 Å². The minimum atomic E-state index is -1.27. The first-order valence-electron chi connectivity index (χ1n) is 14.2. The van der Waals surface area contributed by atoms with E-state index >= 15 is 0 Å². The number of fused-ring (bicyclic) bond motifs is 2. The SMILES string of the molecule is Nc1nccc2sc(CNC(=O)[C@@]3(NC(=O)CNC4CCCCC4)NCC[C@H]3c3cccc4ccccc34)cc12. The summed E-state index contributed by atoms with van der Waals surface area (Å²) in [6.45, 7) is 1.13. The van der Waals surface area contributed by atoms with Gasteiger partial charge in [-0.2, -0.15) is 0 Å². The van der Waals surface area contributed by atoms with Crippen LogP contribution in [0.3, 0.4) is 0 Å². The summed E-state index contributed by atoms with van der Waals surface area (Å²) in [6, 6.07) is 18.7. The molecule has 0 unspecified atom stereocenters. The number of pyridine rings is 1. The monoisotopic (exact) mass is 556 g/mol. The molecule has 8 nitrogen and oxygen atoms in total. The van der Waals surface area contributed by atoms with E-state index in [1.807, 2.05) is 30.3 Å². The van der Waals surface area contributed by atoms with Crippen molar-refractivity contribution >= 4 is 49.8 Å². The second-order valence-corrected chi connectivity index (χ2v) is 12.1. The number of carbonyl (C=O) groups excluding carboxylic acids is 2. The first kappa shape index (κ1) is 26.7. The van der Waals surface area contributed by atoms with E-state index in [-0.39, 0.29) is 24.3 Å². The molecule has 2 amide bonds. The molecule has 1 saturated heterocycles. The molecule has 1 aliphatic carbocycles. The Morgan fingerprint density at radius 3 is 2.70 bits per heavy atom. The lowest BCUT2D eigenvalue weighted by Gasteiger charge is -2.36. The number of rotatable bonds is 8. The highest BCUT2D eigenvalue weighted by Gasteiger charge is 2.51. The molecule has 208 valence electrons. The maximum absolute atomic E-state index is 14.1. The van der Waals surface area contributed by atoms with Gasteiger partial charge in [-0.05, 0) is 54.3 Å². The van der Waals surface area contributed by atoms with Crippen molar-refractivity contribution in [3.05, 3.63) is 71.2 Å². The molecule has 1 aliphatic heterocycles. The highest BCUT2D eigenvalue weighted by atomic mass is 32.1. The minimum Gasteiger partial charge on any atom is -0.383 e. The highest BCUT2D eigenvalue weighted by Crippen LogP contribution is 2.38.